The van der Waals surface area contributed by atoms with Crippen molar-refractivity contribution in [1.82, 2.24) is 4.90 Å². The summed E-state index contributed by atoms with van der Waals surface area (Å²) in [5.41, 5.74) is -0.924. The quantitative estimate of drug-likeness (QED) is 0.662. The number of likely N-dealkylation sites (tertiary alicyclic amines) is 1. The Morgan fingerprint density at radius 3 is 2.31 bits per heavy atom. The number of hydrogen-bond acceptors (Lipinski definition) is 3. The smallest absolute Gasteiger partial charge is 0.325 e. The van der Waals surface area contributed by atoms with Crippen molar-refractivity contribution in [2.24, 2.45) is 23.7 Å². The summed E-state index contributed by atoms with van der Waals surface area (Å²) < 4.78 is 38.2. The van der Waals surface area contributed by atoms with E-state index in [1.807, 2.05) is 12.2 Å². The van der Waals surface area contributed by atoms with Crippen molar-refractivity contribution in [3.05, 3.63) is 42.0 Å². The summed E-state index contributed by atoms with van der Waals surface area (Å²) in [5, 5.41) is 2.33. The van der Waals surface area contributed by atoms with Crippen molar-refractivity contribution >= 4 is 23.4 Å². The minimum absolute atomic E-state index is 0.0362. The molecule has 3 amide bonds. The van der Waals surface area contributed by atoms with Gasteiger partial charge < -0.3 is 5.32 Å². The van der Waals surface area contributed by atoms with Crippen molar-refractivity contribution in [2.45, 2.75) is 12.6 Å². The molecule has 4 atom stereocenters. The number of hydrogen-bond donors (Lipinski definition) is 1. The molecule has 2 bridgehead atoms. The minimum atomic E-state index is -4.52. The van der Waals surface area contributed by atoms with Gasteiger partial charge in [0, 0.05) is 5.69 Å². The molecule has 0 radical (unpaired) electrons. The molecule has 8 heteroatoms. The van der Waals surface area contributed by atoms with Crippen molar-refractivity contribution in [3.8, 4) is 0 Å². The van der Waals surface area contributed by atoms with Crippen LogP contribution in [0.4, 0.5) is 18.9 Å². The van der Waals surface area contributed by atoms with E-state index in [9.17, 15) is 27.6 Å². The second-order valence-corrected chi connectivity index (χ2v) is 6.89. The number of nitrogens with one attached hydrogen (secondary N) is 1. The number of carbonyl (C=O) groups is 3. The standard InChI is InChI=1S/C18H15F3N2O3/c19-18(20,21)11-2-1-3-12(7-11)22-13(24)8-23-16(25)14-9-4-5-10(6-9)15(14)17(23)26/h1-5,7,9-10,14-15H,6,8H2,(H,22,24)/t9-,10+,14-,15-/m0/s1. The summed E-state index contributed by atoms with van der Waals surface area (Å²) in [4.78, 5) is 38.1. The van der Waals surface area contributed by atoms with Crippen LogP contribution in [0.1, 0.15) is 12.0 Å². The molecule has 1 saturated carbocycles. The molecule has 1 aromatic carbocycles. The van der Waals surface area contributed by atoms with Gasteiger partial charge in [-0.1, -0.05) is 18.2 Å². The molecule has 1 aromatic rings. The fourth-order valence-corrected chi connectivity index (χ4v) is 4.24. The fourth-order valence-electron chi connectivity index (χ4n) is 4.24. The van der Waals surface area contributed by atoms with Crippen LogP contribution in [0.2, 0.25) is 0 Å². The lowest BCUT2D eigenvalue weighted by Gasteiger charge is -2.17. The predicted molar refractivity (Wildman–Crippen MR) is 84.5 cm³/mol. The number of imide groups is 1. The molecule has 2 aliphatic carbocycles. The monoisotopic (exact) mass is 364 g/mol. The average molecular weight is 364 g/mol. The number of nitrogens with zero attached hydrogens (tertiary/aromatic N) is 1. The van der Waals surface area contributed by atoms with E-state index in [-0.39, 0.29) is 29.3 Å². The molecule has 0 unspecified atom stereocenters. The summed E-state index contributed by atoms with van der Waals surface area (Å²) in [6.45, 7) is -0.486. The largest absolute Gasteiger partial charge is 0.416 e. The third-order valence-electron chi connectivity index (χ3n) is 5.34. The molecule has 1 N–H and O–H groups in total. The first kappa shape index (κ1) is 16.8. The van der Waals surface area contributed by atoms with Crippen LogP contribution in [0.3, 0.4) is 0 Å². The number of benzene rings is 1. The first-order valence-electron chi connectivity index (χ1n) is 8.26. The Hall–Kier alpha value is -2.64. The van der Waals surface area contributed by atoms with Crippen LogP contribution in [0.5, 0.6) is 0 Å². The molecule has 0 aromatic heterocycles. The van der Waals surface area contributed by atoms with Crippen LogP contribution in [0.15, 0.2) is 36.4 Å². The number of halogens is 3. The Labute approximate surface area is 146 Å². The Balaban J connectivity index is 1.45. The summed E-state index contributed by atoms with van der Waals surface area (Å²) in [5.74, 6) is -2.16. The number of fused-ring (bicyclic) bond motifs is 5. The van der Waals surface area contributed by atoms with Gasteiger partial charge in [0.15, 0.2) is 0 Å². The molecule has 4 rings (SSSR count). The lowest BCUT2D eigenvalue weighted by molar-refractivity contribution is -0.143. The number of alkyl halides is 3. The van der Waals surface area contributed by atoms with E-state index in [1.54, 1.807) is 0 Å². The number of rotatable bonds is 3. The van der Waals surface area contributed by atoms with E-state index in [0.29, 0.717) is 0 Å². The molecule has 0 spiro atoms. The van der Waals surface area contributed by atoms with E-state index in [2.05, 4.69) is 5.32 Å². The van der Waals surface area contributed by atoms with Crippen LogP contribution in [0.25, 0.3) is 0 Å². The van der Waals surface area contributed by atoms with Gasteiger partial charge in [-0.15, -0.1) is 0 Å². The second-order valence-electron chi connectivity index (χ2n) is 6.89. The summed E-state index contributed by atoms with van der Waals surface area (Å²) in [6, 6.07) is 4.20. The van der Waals surface area contributed by atoms with Crippen molar-refractivity contribution < 1.29 is 27.6 Å². The van der Waals surface area contributed by atoms with Gasteiger partial charge in [-0.05, 0) is 36.5 Å². The molecule has 1 saturated heterocycles. The molecule has 26 heavy (non-hydrogen) atoms. The minimum Gasteiger partial charge on any atom is -0.325 e. The third kappa shape index (κ3) is 2.60. The first-order valence-corrected chi connectivity index (χ1v) is 8.26. The third-order valence-corrected chi connectivity index (χ3v) is 5.34. The van der Waals surface area contributed by atoms with Crippen LogP contribution in [-0.2, 0) is 20.6 Å². The normalized spacial score (nSPS) is 29.4. The highest BCUT2D eigenvalue weighted by Gasteiger charge is 2.59. The zero-order valence-electron chi connectivity index (χ0n) is 13.5. The fraction of sp³-hybridized carbons (Fsp3) is 0.389. The van der Waals surface area contributed by atoms with Crippen LogP contribution in [0, 0.1) is 23.7 Å². The summed E-state index contributed by atoms with van der Waals surface area (Å²) in [7, 11) is 0. The zero-order valence-corrected chi connectivity index (χ0v) is 13.5. The highest BCUT2D eigenvalue weighted by atomic mass is 19.4. The molecule has 1 heterocycles. The van der Waals surface area contributed by atoms with Gasteiger partial charge in [-0.3, -0.25) is 19.3 Å². The number of carbonyl (C=O) groups excluding carboxylic acids is 3. The molecule has 136 valence electrons. The van der Waals surface area contributed by atoms with Crippen molar-refractivity contribution in [1.29, 1.82) is 0 Å². The SMILES string of the molecule is O=C(CN1C(=O)[C@@H]2[C@@H](C1=O)[C@H]1C=C[C@@H]2C1)Nc1cccc(C(F)(F)F)c1. The Kier molecular flexibility index (Phi) is 3.68. The first-order chi connectivity index (χ1) is 12.3. The number of anilines is 1. The average Bonchev–Trinajstić information content (AvgIpc) is 3.24. The van der Waals surface area contributed by atoms with Gasteiger partial charge in [-0.25, -0.2) is 0 Å². The second kappa shape index (κ2) is 5.69. The highest BCUT2D eigenvalue weighted by molar-refractivity contribution is 6.09. The Morgan fingerprint density at radius 1 is 1.12 bits per heavy atom. The summed E-state index contributed by atoms with van der Waals surface area (Å²) >= 11 is 0. The highest BCUT2D eigenvalue weighted by Crippen LogP contribution is 2.52. The van der Waals surface area contributed by atoms with Gasteiger partial charge in [-0.2, -0.15) is 13.2 Å². The van der Waals surface area contributed by atoms with Gasteiger partial charge in [0.05, 0.1) is 17.4 Å². The van der Waals surface area contributed by atoms with Crippen LogP contribution in [-0.4, -0.2) is 29.2 Å². The maximum atomic E-state index is 12.7. The lowest BCUT2D eigenvalue weighted by atomic mass is 9.85. The number of amides is 3. The molecular formula is C18H15F3N2O3. The van der Waals surface area contributed by atoms with Crippen molar-refractivity contribution in [3.63, 3.8) is 0 Å². The van der Waals surface area contributed by atoms with E-state index >= 15 is 0 Å². The lowest BCUT2D eigenvalue weighted by Crippen LogP contribution is -2.39. The van der Waals surface area contributed by atoms with Crippen LogP contribution < -0.4 is 5.32 Å². The molecule has 5 nitrogen and oxygen atoms in total. The maximum absolute atomic E-state index is 12.7. The van der Waals surface area contributed by atoms with Gasteiger partial charge in [0.1, 0.15) is 6.54 Å². The van der Waals surface area contributed by atoms with E-state index < -0.39 is 36.0 Å². The van der Waals surface area contributed by atoms with E-state index in [1.165, 1.54) is 12.1 Å². The van der Waals surface area contributed by atoms with Gasteiger partial charge in [0.2, 0.25) is 17.7 Å². The predicted octanol–water partition coefficient (Wildman–Crippen LogP) is 2.45. The van der Waals surface area contributed by atoms with Crippen LogP contribution >= 0.6 is 0 Å². The molecule has 3 aliphatic rings. The van der Waals surface area contributed by atoms with Gasteiger partial charge in [0.25, 0.3) is 0 Å². The molecular weight excluding hydrogens is 349 g/mol. The van der Waals surface area contributed by atoms with E-state index in [4.69, 9.17) is 0 Å². The molecule has 1 aliphatic heterocycles. The molecule has 2 fully saturated rings. The number of allylic oxidation sites excluding steroid dienone is 2. The van der Waals surface area contributed by atoms with Gasteiger partial charge >= 0.3 is 6.18 Å². The van der Waals surface area contributed by atoms with Crippen molar-refractivity contribution in [2.75, 3.05) is 11.9 Å². The zero-order chi connectivity index (χ0) is 18.6. The maximum Gasteiger partial charge on any atom is 0.416 e. The summed E-state index contributed by atoms with van der Waals surface area (Å²) in [6.07, 6.45) is 0.162. The van der Waals surface area contributed by atoms with E-state index in [0.717, 1.165) is 23.5 Å². The Bertz CT molecular complexity index is 803. The topological polar surface area (TPSA) is 66.5 Å². The Morgan fingerprint density at radius 2 is 1.73 bits per heavy atom.